The van der Waals surface area contributed by atoms with Crippen molar-refractivity contribution in [3.63, 3.8) is 0 Å². The SMILES string of the molecule is CCc1ccccc1-c1c[c]([Bi]([c]2ccccc2CC)([c]2ccccc2CC)[c]2ccc(C)cc2CN(CC)CC)c(CN(CC)CC)c(-c2ccccc2CC)c1C. The molecule has 0 heterocycles. The first-order valence-corrected chi connectivity index (χ1v) is 29.6. The quantitative estimate of drug-likeness (QED) is 0.0792. The molecule has 0 aliphatic carbocycles. The van der Waals surface area contributed by atoms with Crippen LogP contribution in [0.1, 0.15) is 99.9 Å². The van der Waals surface area contributed by atoms with E-state index in [1.165, 1.54) is 66.8 Å². The number of rotatable bonds is 18. The number of benzene rings is 6. The van der Waals surface area contributed by atoms with Crippen molar-refractivity contribution in [3.8, 4) is 22.3 Å². The molecule has 3 heteroatoms. The van der Waals surface area contributed by atoms with E-state index in [1.54, 1.807) is 13.1 Å². The summed E-state index contributed by atoms with van der Waals surface area (Å²) in [6.45, 7) is 29.4. The first kappa shape index (κ1) is 44.7. The molecule has 0 bridgehead atoms. The van der Waals surface area contributed by atoms with Gasteiger partial charge < -0.3 is 0 Å². The fourth-order valence-electron chi connectivity index (χ4n) is 9.67. The molecule has 0 saturated carbocycles. The third-order valence-corrected chi connectivity index (χ3v) is 30.9. The molecule has 6 aromatic carbocycles. The molecule has 0 atom stereocenters. The van der Waals surface area contributed by atoms with Crippen molar-refractivity contribution >= 4 is 33.4 Å². The Morgan fingerprint density at radius 1 is 0.390 bits per heavy atom. The molecule has 6 aromatic rings. The Bertz CT molecular complexity index is 2280. The van der Waals surface area contributed by atoms with Gasteiger partial charge in [0.15, 0.2) is 0 Å². The molecule has 309 valence electrons. The van der Waals surface area contributed by atoms with Gasteiger partial charge in [-0.3, -0.25) is 0 Å². The average molecular weight is 980 g/mol. The Morgan fingerprint density at radius 2 is 0.831 bits per heavy atom. The standard InChI is InChI=1S/C28H34N.C12H18N.2C8H9.Bi/c1-6-22-14-10-12-16-26(22)25-19-18-24(20-29(8-3)9-4)28(21(25)5)27-17-13-11-15-23(27)7-2;1-4-13(5-2)10-12-8-6-7-11(3)9-12;2*1-2-8-6-4-3-5-7-8;/h10-17,19H,6-9,20H2,1-5H3;6-7,9H,4-5,10H2,1-3H3;2*3-6H,2H2,1H3;. The van der Waals surface area contributed by atoms with Crippen LogP contribution in [0.15, 0.2) is 121 Å². The fraction of sp³-hybridized carbons (Fsp3) is 0.357. The normalized spacial score (nSPS) is 11.9. The molecule has 59 heavy (non-hydrogen) atoms. The van der Waals surface area contributed by atoms with E-state index in [-0.39, 0.29) is 0 Å². The van der Waals surface area contributed by atoms with Gasteiger partial charge in [-0.15, -0.1) is 0 Å². The van der Waals surface area contributed by atoms with Crippen molar-refractivity contribution in [1.29, 1.82) is 0 Å². The number of hydrogen-bond donors (Lipinski definition) is 0. The summed E-state index contributed by atoms with van der Waals surface area (Å²) in [6.07, 6.45) is 3.97. The molecule has 0 amide bonds. The molecule has 2 nitrogen and oxygen atoms in total. The Hall–Kier alpha value is -3.88. The first-order valence-electron chi connectivity index (χ1n) is 22.7. The van der Waals surface area contributed by atoms with Crippen LogP contribution < -0.4 is 13.1 Å². The van der Waals surface area contributed by atoms with E-state index in [2.05, 4.69) is 200 Å². The molecule has 0 N–H and O–H groups in total. The maximum atomic E-state index is 2.78. The molecule has 0 aliphatic heterocycles. The van der Waals surface area contributed by atoms with Crippen molar-refractivity contribution in [1.82, 2.24) is 9.80 Å². The number of nitrogens with zero attached hydrogens (tertiary/aromatic N) is 2. The van der Waals surface area contributed by atoms with Gasteiger partial charge in [0.1, 0.15) is 0 Å². The van der Waals surface area contributed by atoms with Gasteiger partial charge in [-0.05, 0) is 0 Å². The van der Waals surface area contributed by atoms with E-state index in [4.69, 9.17) is 0 Å². The topological polar surface area (TPSA) is 6.48 Å². The van der Waals surface area contributed by atoms with Gasteiger partial charge in [0, 0.05) is 0 Å². The van der Waals surface area contributed by atoms with Crippen LogP contribution >= 0.6 is 0 Å². The molecule has 0 aliphatic rings. The van der Waals surface area contributed by atoms with Crippen molar-refractivity contribution in [2.24, 2.45) is 0 Å². The second-order valence-electron chi connectivity index (χ2n) is 16.1. The molecule has 0 unspecified atom stereocenters. The van der Waals surface area contributed by atoms with Gasteiger partial charge in [0.25, 0.3) is 0 Å². The summed E-state index contributed by atoms with van der Waals surface area (Å²) in [4.78, 5) is 5.31. The van der Waals surface area contributed by atoms with Gasteiger partial charge >= 0.3 is 365 Å². The van der Waals surface area contributed by atoms with Crippen molar-refractivity contribution in [3.05, 3.63) is 166 Å². The van der Waals surface area contributed by atoms with Gasteiger partial charge in [0.05, 0.1) is 0 Å². The maximum absolute atomic E-state index is 4.59. The predicted molar refractivity (Wildman–Crippen MR) is 261 cm³/mol. The zero-order chi connectivity index (χ0) is 42.1. The molecule has 0 fully saturated rings. The monoisotopic (exact) mass is 980 g/mol. The number of hydrogen-bond acceptors (Lipinski definition) is 2. The summed E-state index contributed by atoms with van der Waals surface area (Å²) < 4.78 is 6.44. The van der Waals surface area contributed by atoms with Crippen LogP contribution in [0.4, 0.5) is 0 Å². The van der Waals surface area contributed by atoms with Gasteiger partial charge in [-0.2, -0.15) is 0 Å². The Labute approximate surface area is 363 Å². The van der Waals surface area contributed by atoms with Crippen LogP contribution in [0.25, 0.3) is 22.3 Å². The van der Waals surface area contributed by atoms with Crippen molar-refractivity contribution in [2.45, 2.75) is 108 Å². The average Bonchev–Trinajstić information content (AvgIpc) is 3.28. The minimum absolute atomic E-state index is 0.909. The van der Waals surface area contributed by atoms with Crippen LogP contribution in [-0.2, 0) is 38.8 Å². The number of aryl methyl sites for hydroxylation is 5. The minimum atomic E-state index is -4.59. The second kappa shape index (κ2) is 20.6. The molecule has 0 spiro atoms. The summed E-state index contributed by atoms with van der Waals surface area (Å²) in [5, 5.41) is 0. The summed E-state index contributed by atoms with van der Waals surface area (Å²) >= 11 is -4.59. The Balaban J connectivity index is 2.01. The van der Waals surface area contributed by atoms with Gasteiger partial charge in [0.2, 0.25) is 0 Å². The van der Waals surface area contributed by atoms with Gasteiger partial charge in [-0.1, -0.05) is 0 Å². The molecular formula is C56H70BiN2. The second-order valence-corrected chi connectivity index (χ2v) is 28.8. The molecule has 0 aromatic heterocycles. The molecule has 0 saturated heterocycles. The van der Waals surface area contributed by atoms with Crippen LogP contribution in [0.2, 0.25) is 0 Å². The molecule has 1 radical (unpaired) electrons. The van der Waals surface area contributed by atoms with Crippen LogP contribution in [0.5, 0.6) is 0 Å². The van der Waals surface area contributed by atoms with E-state index in [1.807, 2.05) is 0 Å². The third-order valence-electron chi connectivity index (χ3n) is 13.0. The van der Waals surface area contributed by atoms with E-state index in [9.17, 15) is 0 Å². The van der Waals surface area contributed by atoms with E-state index in [0.29, 0.717) is 0 Å². The van der Waals surface area contributed by atoms with E-state index < -0.39 is 20.3 Å². The Morgan fingerprint density at radius 3 is 1.36 bits per heavy atom. The molecule has 6 rings (SSSR count). The zero-order valence-corrected chi connectivity index (χ0v) is 41.4. The van der Waals surface area contributed by atoms with E-state index in [0.717, 1.165) is 65.0 Å². The summed E-state index contributed by atoms with van der Waals surface area (Å²) in [6, 6.07) is 48.3. The van der Waals surface area contributed by atoms with E-state index >= 15 is 0 Å². The van der Waals surface area contributed by atoms with Crippen molar-refractivity contribution in [2.75, 3.05) is 26.2 Å². The van der Waals surface area contributed by atoms with Crippen LogP contribution in [-0.4, -0.2) is 56.2 Å². The summed E-state index contributed by atoms with van der Waals surface area (Å²) in [5.41, 5.74) is 17.2. The molecular weight excluding hydrogens is 910 g/mol. The van der Waals surface area contributed by atoms with Crippen molar-refractivity contribution < 1.29 is 0 Å². The zero-order valence-electron chi connectivity index (χ0n) is 38.0. The first-order chi connectivity index (χ1) is 28.7. The Kier molecular flexibility index (Phi) is 15.6. The fourth-order valence-corrected chi connectivity index (χ4v) is 30.2. The van der Waals surface area contributed by atoms with Crippen LogP contribution in [0.3, 0.4) is 0 Å². The van der Waals surface area contributed by atoms with Gasteiger partial charge in [-0.25, -0.2) is 0 Å². The third kappa shape index (κ3) is 8.82. The summed E-state index contributed by atoms with van der Waals surface area (Å²) in [7, 11) is 0. The summed E-state index contributed by atoms with van der Waals surface area (Å²) in [5.74, 6) is 0. The predicted octanol–water partition coefficient (Wildman–Crippen LogP) is 10.9. The van der Waals surface area contributed by atoms with Crippen LogP contribution in [0, 0.1) is 13.8 Å².